The highest BCUT2D eigenvalue weighted by atomic mass is 32.2. The summed E-state index contributed by atoms with van der Waals surface area (Å²) in [5.74, 6) is -0.225. The molecular weight excluding hydrogens is 302 g/mol. The lowest BCUT2D eigenvalue weighted by molar-refractivity contribution is -0.133. The van der Waals surface area contributed by atoms with E-state index in [1.54, 1.807) is 0 Å². The summed E-state index contributed by atoms with van der Waals surface area (Å²) in [6.45, 7) is 3.89. The van der Waals surface area contributed by atoms with Crippen molar-refractivity contribution in [2.24, 2.45) is 0 Å². The van der Waals surface area contributed by atoms with Gasteiger partial charge in [-0.1, -0.05) is 11.8 Å². The summed E-state index contributed by atoms with van der Waals surface area (Å²) in [7, 11) is -2.98. The number of carboxylic acids is 1. The van der Waals surface area contributed by atoms with Crippen LogP contribution in [0.1, 0.15) is 38.1 Å². The van der Waals surface area contributed by atoms with Crippen LogP contribution in [0.3, 0.4) is 0 Å². The minimum absolute atomic E-state index is 0.0552. The fourth-order valence-electron chi connectivity index (χ4n) is 2.28. The maximum Gasteiger partial charge on any atom is 0.313 e. The molecule has 7 nitrogen and oxygen atoms in total. The summed E-state index contributed by atoms with van der Waals surface area (Å²) in [6, 6.07) is 0.0552. The molecule has 1 N–H and O–H groups in total. The number of rotatable bonds is 5. The zero-order chi connectivity index (χ0) is 14.9. The van der Waals surface area contributed by atoms with Gasteiger partial charge in [0.25, 0.3) is 0 Å². The van der Waals surface area contributed by atoms with Crippen molar-refractivity contribution in [3.8, 4) is 0 Å². The van der Waals surface area contributed by atoms with E-state index in [1.165, 1.54) is 0 Å². The Morgan fingerprint density at radius 1 is 1.50 bits per heavy atom. The van der Waals surface area contributed by atoms with Gasteiger partial charge in [0.1, 0.15) is 5.82 Å². The van der Waals surface area contributed by atoms with Gasteiger partial charge in [0.15, 0.2) is 15.0 Å². The molecule has 1 unspecified atom stereocenters. The van der Waals surface area contributed by atoms with Crippen molar-refractivity contribution in [3.63, 3.8) is 0 Å². The van der Waals surface area contributed by atoms with Crippen molar-refractivity contribution in [2.75, 3.05) is 17.3 Å². The molecule has 0 aromatic carbocycles. The SMILES string of the molecule is CC(C)n1c(SCC(=O)O)nnc1C1CCS(=O)(=O)C1. The van der Waals surface area contributed by atoms with E-state index in [9.17, 15) is 13.2 Å². The summed E-state index contributed by atoms with van der Waals surface area (Å²) in [5.41, 5.74) is 0. The number of carbonyl (C=O) groups is 1. The first kappa shape index (κ1) is 15.3. The third-order valence-corrected chi connectivity index (χ3v) is 5.83. The van der Waals surface area contributed by atoms with Crippen LogP contribution in [-0.2, 0) is 14.6 Å². The second-order valence-corrected chi connectivity index (χ2v) is 8.26. The van der Waals surface area contributed by atoms with Crippen molar-refractivity contribution in [3.05, 3.63) is 5.82 Å². The topological polar surface area (TPSA) is 102 Å². The summed E-state index contributed by atoms with van der Waals surface area (Å²) in [5, 5.41) is 17.4. The van der Waals surface area contributed by atoms with Crippen LogP contribution in [0.15, 0.2) is 5.16 Å². The zero-order valence-corrected chi connectivity index (χ0v) is 12.9. The molecule has 1 fully saturated rings. The number of hydrogen-bond acceptors (Lipinski definition) is 6. The molecule has 1 saturated heterocycles. The number of hydrogen-bond donors (Lipinski definition) is 1. The summed E-state index contributed by atoms with van der Waals surface area (Å²) in [4.78, 5) is 10.6. The first-order valence-electron chi connectivity index (χ1n) is 6.30. The third kappa shape index (κ3) is 3.32. The lowest BCUT2D eigenvalue weighted by atomic mass is 10.1. The van der Waals surface area contributed by atoms with Gasteiger partial charge >= 0.3 is 5.97 Å². The molecule has 0 saturated carbocycles. The molecule has 1 aliphatic rings. The van der Waals surface area contributed by atoms with E-state index in [0.717, 1.165) is 11.8 Å². The lowest BCUT2D eigenvalue weighted by Crippen LogP contribution is -2.14. The Hall–Kier alpha value is -1.09. The van der Waals surface area contributed by atoms with Crippen LogP contribution >= 0.6 is 11.8 Å². The quantitative estimate of drug-likeness (QED) is 0.806. The Morgan fingerprint density at radius 3 is 2.70 bits per heavy atom. The van der Waals surface area contributed by atoms with Gasteiger partial charge in [-0.2, -0.15) is 0 Å². The van der Waals surface area contributed by atoms with Crippen molar-refractivity contribution in [2.45, 2.75) is 37.4 Å². The molecule has 1 aromatic rings. The van der Waals surface area contributed by atoms with Crippen molar-refractivity contribution >= 4 is 27.6 Å². The molecule has 0 bridgehead atoms. The van der Waals surface area contributed by atoms with Crippen LogP contribution in [0.25, 0.3) is 0 Å². The maximum absolute atomic E-state index is 11.6. The highest BCUT2D eigenvalue weighted by Gasteiger charge is 2.33. The molecular formula is C11H17N3O4S2. The molecule has 0 spiro atoms. The monoisotopic (exact) mass is 319 g/mol. The van der Waals surface area contributed by atoms with E-state index < -0.39 is 15.8 Å². The number of thioether (sulfide) groups is 1. The highest BCUT2D eigenvalue weighted by Crippen LogP contribution is 2.32. The van der Waals surface area contributed by atoms with Crippen LogP contribution in [0.5, 0.6) is 0 Å². The average molecular weight is 319 g/mol. The predicted octanol–water partition coefficient (Wildman–Crippen LogP) is 0.938. The first-order valence-corrected chi connectivity index (χ1v) is 9.10. The largest absolute Gasteiger partial charge is 0.481 e. The first-order chi connectivity index (χ1) is 9.30. The molecule has 1 aromatic heterocycles. The second kappa shape index (κ2) is 5.72. The van der Waals surface area contributed by atoms with Gasteiger partial charge in [0.2, 0.25) is 0 Å². The normalized spacial score (nSPS) is 21.4. The average Bonchev–Trinajstić information content (AvgIpc) is 2.89. The van der Waals surface area contributed by atoms with Crippen molar-refractivity contribution in [1.82, 2.24) is 14.8 Å². The molecule has 1 atom stereocenters. The van der Waals surface area contributed by atoms with Gasteiger partial charge in [0.05, 0.1) is 17.3 Å². The Morgan fingerprint density at radius 2 is 2.20 bits per heavy atom. The zero-order valence-electron chi connectivity index (χ0n) is 11.3. The minimum atomic E-state index is -2.98. The molecule has 2 heterocycles. The number of nitrogens with zero attached hydrogens (tertiary/aromatic N) is 3. The van der Waals surface area contributed by atoms with E-state index in [0.29, 0.717) is 17.4 Å². The molecule has 0 aliphatic carbocycles. The minimum Gasteiger partial charge on any atom is -0.481 e. The Balaban J connectivity index is 2.28. The van der Waals surface area contributed by atoms with Gasteiger partial charge in [0, 0.05) is 12.0 Å². The van der Waals surface area contributed by atoms with E-state index in [-0.39, 0.29) is 29.2 Å². The van der Waals surface area contributed by atoms with E-state index in [2.05, 4.69) is 10.2 Å². The predicted molar refractivity (Wildman–Crippen MR) is 74.8 cm³/mol. The fraction of sp³-hybridized carbons (Fsp3) is 0.727. The Kier molecular flexibility index (Phi) is 4.38. The van der Waals surface area contributed by atoms with Crippen LogP contribution in [0.2, 0.25) is 0 Å². The standard InChI is InChI=1S/C11H17N3O4S2/c1-7(2)14-10(8-3-4-20(17,18)6-8)12-13-11(14)19-5-9(15)16/h7-8H,3-6H2,1-2H3,(H,15,16). The van der Waals surface area contributed by atoms with Crippen LogP contribution < -0.4 is 0 Å². The molecule has 0 amide bonds. The molecule has 1 aliphatic heterocycles. The third-order valence-electron chi connectivity index (χ3n) is 3.13. The fourth-order valence-corrected chi connectivity index (χ4v) is 4.81. The Labute approximate surface area is 121 Å². The van der Waals surface area contributed by atoms with Crippen LogP contribution in [0.4, 0.5) is 0 Å². The second-order valence-electron chi connectivity index (χ2n) is 5.09. The lowest BCUT2D eigenvalue weighted by Gasteiger charge is -2.16. The van der Waals surface area contributed by atoms with Gasteiger partial charge < -0.3 is 9.67 Å². The smallest absolute Gasteiger partial charge is 0.313 e. The Bertz CT molecular complexity index is 609. The van der Waals surface area contributed by atoms with Crippen molar-refractivity contribution in [1.29, 1.82) is 0 Å². The highest BCUT2D eigenvalue weighted by molar-refractivity contribution is 7.99. The maximum atomic E-state index is 11.6. The van der Waals surface area contributed by atoms with Gasteiger partial charge in [-0.25, -0.2) is 8.42 Å². The summed E-state index contributed by atoms with van der Waals surface area (Å²) < 4.78 is 25.0. The number of aromatic nitrogens is 3. The number of carboxylic acid groups (broad SMARTS) is 1. The summed E-state index contributed by atoms with van der Waals surface area (Å²) >= 11 is 1.10. The van der Waals surface area contributed by atoms with E-state index in [1.807, 2.05) is 18.4 Å². The molecule has 20 heavy (non-hydrogen) atoms. The summed E-state index contributed by atoms with van der Waals surface area (Å²) in [6.07, 6.45) is 0.552. The van der Waals surface area contributed by atoms with E-state index in [4.69, 9.17) is 5.11 Å². The van der Waals surface area contributed by atoms with E-state index >= 15 is 0 Å². The number of aliphatic carboxylic acids is 1. The van der Waals surface area contributed by atoms with Crippen LogP contribution in [0, 0.1) is 0 Å². The van der Waals surface area contributed by atoms with Gasteiger partial charge in [-0.05, 0) is 20.3 Å². The van der Waals surface area contributed by atoms with Crippen LogP contribution in [-0.4, -0.2) is 51.5 Å². The van der Waals surface area contributed by atoms with Gasteiger partial charge in [-0.3, -0.25) is 4.79 Å². The molecule has 2 rings (SSSR count). The molecule has 112 valence electrons. The number of sulfone groups is 1. The van der Waals surface area contributed by atoms with Crippen molar-refractivity contribution < 1.29 is 18.3 Å². The molecule has 9 heteroatoms. The van der Waals surface area contributed by atoms with Gasteiger partial charge in [-0.15, -0.1) is 10.2 Å². The molecule has 0 radical (unpaired) electrons.